The molecule has 2 heterocycles. The number of rotatable bonds is 11. The number of carbonyl (C=O) groups excluding carboxylic acids is 1. The van der Waals surface area contributed by atoms with E-state index in [1.54, 1.807) is 12.1 Å². The van der Waals surface area contributed by atoms with E-state index in [1.807, 2.05) is 67.6 Å². The van der Waals surface area contributed by atoms with Crippen LogP contribution in [0.4, 0.5) is 16.2 Å². The van der Waals surface area contributed by atoms with Crippen molar-refractivity contribution in [2.24, 2.45) is 0 Å². The third kappa shape index (κ3) is 8.81. The molecule has 0 unspecified atom stereocenters. The highest BCUT2D eigenvalue weighted by atomic mass is 16.7. The second-order valence-corrected chi connectivity index (χ2v) is 12.5. The molecule has 2 fully saturated rings. The number of aliphatic hydroxyl groups excluding tert-OH is 1. The van der Waals surface area contributed by atoms with Crippen molar-refractivity contribution in [2.45, 2.75) is 45.0 Å². The number of urea groups is 1. The van der Waals surface area contributed by atoms with E-state index in [0.29, 0.717) is 19.5 Å². The summed E-state index contributed by atoms with van der Waals surface area (Å²) in [6.07, 6.45) is -0.160. The van der Waals surface area contributed by atoms with E-state index in [4.69, 9.17) is 9.47 Å². The van der Waals surface area contributed by atoms with Gasteiger partial charge >= 0.3 is 6.03 Å². The summed E-state index contributed by atoms with van der Waals surface area (Å²) in [4.78, 5) is 27.3. The molecule has 6 rings (SSSR count). The van der Waals surface area contributed by atoms with Gasteiger partial charge in [0.05, 0.1) is 23.7 Å². The van der Waals surface area contributed by atoms with Crippen molar-refractivity contribution in [1.29, 1.82) is 0 Å². The number of hydrogen-bond donors (Lipinski definition) is 3. The van der Waals surface area contributed by atoms with Crippen molar-refractivity contribution >= 4 is 17.4 Å². The molecule has 256 valence electrons. The summed E-state index contributed by atoms with van der Waals surface area (Å²) in [5.74, 6) is 0. The number of aliphatic hydroxyl groups is 1. The Balaban J connectivity index is 1.16. The first kappa shape index (κ1) is 34.1. The van der Waals surface area contributed by atoms with Gasteiger partial charge in [-0.25, -0.2) is 4.79 Å². The van der Waals surface area contributed by atoms with Gasteiger partial charge in [0.25, 0.3) is 5.69 Å². The van der Waals surface area contributed by atoms with Crippen LogP contribution in [0.5, 0.6) is 0 Å². The van der Waals surface area contributed by atoms with Gasteiger partial charge in [-0.3, -0.25) is 15.0 Å². The Labute approximate surface area is 286 Å². The number of nitro groups is 1. The molecule has 0 radical (unpaired) electrons. The first-order valence-corrected chi connectivity index (χ1v) is 16.8. The van der Waals surface area contributed by atoms with Gasteiger partial charge in [0.15, 0.2) is 6.29 Å². The molecule has 4 aromatic carbocycles. The van der Waals surface area contributed by atoms with Crippen LogP contribution in [0, 0.1) is 10.1 Å². The van der Waals surface area contributed by atoms with Crippen molar-refractivity contribution in [3.05, 3.63) is 129 Å². The lowest BCUT2D eigenvalue weighted by atomic mass is 9.98. The van der Waals surface area contributed by atoms with E-state index in [1.165, 1.54) is 0 Å². The zero-order valence-corrected chi connectivity index (χ0v) is 27.7. The summed E-state index contributed by atoms with van der Waals surface area (Å²) in [6.45, 7) is 6.94. The van der Waals surface area contributed by atoms with Crippen molar-refractivity contribution in [1.82, 2.24) is 15.5 Å². The third-order valence-corrected chi connectivity index (χ3v) is 9.08. The van der Waals surface area contributed by atoms with E-state index < -0.39 is 6.29 Å². The lowest BCUT2D eigenvalue weighted by Crippen LogP contribution is -2.49. The Morgan fingerprint density at radius 3 is 2.27 bits per heavy atom. The minimum Gasteiger partial charge on any atom is -0.392 e. The molecule has 3 atom stereocenters. The third-order valence-electron chi connectivity index (χ3n) is 9.08. The van der Waals surface area contributed by atoms with Gasteiger partial charge in [-0.2, -0.15) is 0 Å². The first-order valence-electron chi connectivity index (χ1n) is 16.8. The number of ether oxygens (including phenoxy) is 2. The van der Waals surface area contributed by atoms with Gasteiger partial charge in [-0.15, -0.1) is 0 Å². The average Bonchev–Trinajstić information content (AvgIpc) is 3.14. The fourth-order valence-corrected chi connectivity index (χ4v) is 6.43. The van der Waals surface area contributed by atoms with E-state index in [2.05, 4.69) is 44.7 Å². The fraction of sp³-hybridized carbons (Fsp3) is 0.342. The Morgan fingerprint density at radius 1 is 0.857 bits per heavy atom. The first-order chi connectivity index (χ1) is 23.9. The van der Waals surface area contributed by atoms with E-state index in [-0.39, 0.29) is 35.5 Å². The summed E-state index contributed by atoms with van der Waals surface area (Å²) in [7, 11) is 0. The van der Waals surface area contributed by atoms with E-state index >= 15 is 0 Å². The molecular weight excluding hydrogens is 622 g/mol. The normalized spacial score (nSPS) is 19.7. The summed E-state index contributed by atoms with van der Waals surface area (Å²) in [5.41, 5.74) is 6.96. The lowest BCUT2D eigenvalue weighted by Gasteiger charge is -2.41. The molecule has 0 spiro atoms. The van der Waals surface area contributed by atoms with Crippen LogP contribution in [0.3, 0.4) is 0 Å². The molecule has 0 saturated carbocycles. The molecule has 2 aliphatic rings. The van der Waals surface area contributed by atoms with Crippen LogP contribution in [0.2, 0.25) is 0 Å². The highest BCUT2D eigenvalue weighted by Gasteiger charge is 2.34. The maximum Gasteiger partial charge on any atom is 0.315 e. The van der Waals surface area contributed by atoms with Gasteiger partial charge in [-0.05, 0) is 59.0 Å². The topological polar surface area (TPSA) is 129 Å². The average molecular weight is 666 g/mol. The molecule has 0 aromatic heterocycles. The molecule has 4 aromatic rings. The molecule has 2 saturated heterocycles. The Morgan fingerprint density at radius 2 is 1.57 bits per heavy atom. The van der Waals surface area contributed by atoms with E-state index in [9.17, 15) is 20.0 Å². The molecule has 0 aliphatic carbocycles. The maximum absolute atomic E-state index is 11.9. The summed E-state index contributed by atoms with van der Waals surface area (Å²) in [6, 6.07) is 30.8. The quantitative estimate of drug-likeness (QED) is 0.133. The molecule has 11 heteroatoms. The van der Waals surface area contributed by atoms with Crippen LogP contribution in [-0.2, 0) is 22.6 Å². The Kier molecular flexibility index (Phi) is 11.2. The maximum atomic E-state index is 11.9. The summed E-state index contributed by atoms with van der Waals surface area (Å²) >= 11 is 0. The number of nitrogens with one attached hydrogen (secondary N) is 2. The van der Waals surface area contributed by atoms with Crippen molar-refractivity contribution in [3.63, 3.8) is 0 Å². The lowest BCUT2D eigenvalue weighted by molar-refractivity contribution is -0.384. The highest BCUT2D eigenvalue weighted by molar-refractivity contribution is 5.74. The number of piperazine rings is 1. The Bertz CT molecular complexity index is 1710. The minimum absolute atomic E-state index is 0.0119. The van der Waals surface area contributed by atoms with Crippen LogP contribution >= 0.6 is 0 Å². The molecule has 49 heavy (non-hydrogen) atoms. The summed E-state index contributed by atoms with van der Waals surface area (Å²) < 4.78 is 13.3. The van der Waals surface area contributed by atoms with Crippen LogP contribution in [0.25, 0.3) is 11.1 Å². The van der Waals surface area contributed by atoms with Crippen LogP contribution < -0.4 is 15.5 Å². The predicted octanol–water partition coefficient (Wildman–Crippen LogP) is 5.94. The highest BCUT2D eigenvalue weighted by Crippen LogP contribution is 2.39. The van der Waals surface area contributed by atoms with Gasteiger partial charge < -0.3 is 30.1 Å². The van der Waals surface area contributed by atoms with Crippen molar-refractivity contribution < 1.29 is 24.3 Å². The molecule has 3 N–H and O–H groups in total. The van der Waals surface area contributed by atoms with E-state index in [0.717, 1.165) is 71.8 Å². The molecule has 2 amide bonds. The minimum atomic E-state index is -0.579. The number of amides is 2. The molecule has 0 bridgehead atoms. The molecular formula is C38H43N5O6. The Hall–Kier alpha value is -4.81. The number of carbonyl (C=O) groups is 1. The zero-order valence-electron chi connectivity index (χ0n) is 27.7. The van der Waals surface area contributed by atoms with Crippen molar-refractivity contribution in [3.8, 4) is 11.1 Å². The van der Waals surface area contributed by atoms with Crippen LogP contribution in [0.15, 0.2) is 97.1 Å². The standard InChI is InChI=1S/C38H43N5O6/c1-2-39-38(45)40-24-28-5-3-6-30(21-28)31-7-4-8-32(22-31)37-48-35(23-36(49-37)29-11-9-27(26-44)10-12-29)25-41-17-19-42(20-18-41)33-13-15-34(16-14-33)43(46)47/h3-16,21-22,35-37,44H,2,17-20,23-26H2,1H3,(H2,39,40,45)/t35-,36+,37+/m1/s1. The van der Waals surface area contributed by atoms with Crippen LogP contribution in [0.1, 0.15) is 48.0 Å². The SMILES string of the molecule is CCNC(=O)NCc1cccc(-c2cccc([C@H]3O[C@@H](CN4CCN(c5ccc([N+](=O)[O-])cc5)CC4)C[C@@H](c4ccc(CO)cc4)O3)c2)c1. The fourth-order valence-electron chi connectivity index (χ4n) is 6.43. The number of nitrogens with zero attached hydrogens (tertiary/aromatic N) is 3. The van der Waals surface area contributed by atoms with Gasteiger partial charge in [0.1, 0.15) is 0 Å². The number of nitro benzene ring substituents is 1. The summed E-state index contributed by atoms with van der Waals surface area (Å²) in [5, 5.41) is 26.3. The number of non-ortho nitro benzene ring substituents is 1. The second-order valence-electron chi connectivity index (χ2n) is 12.5. The second kappa shape index (κ2) is 16.1. The number of anilines is 1. The monoisotopic (exact) mass is 665 g/mol. The number of hydrogen-bond acceptors (Lipinski definition) is 8. The van der Waals surface area contributed by atoms with Gasteiger partial charge in [0.2, 0.25) is 0 Å². The number of benzene rings is 4. The van der Waals surface area contributed by atoms with Crippen molar-refractivity contribution in [2.75, 3.05) is 44.2 Å². The van der Waals surface area contributed by atoms with Crippen LogP contribution in [-0.4, -0.2) is 66.3 Å². The smallest absolute Gasteiger partial charge is 0.315 e. The van der Waals surface area contributed by atoms with Gasteiger partial charge in [0, 0.05) is 75.6 Å². The molecule has 11 nitrogen and oxygen atoms in total. The molecule has 2 aliphatic heterocycles. The predicted molar refractivity (Wildman–Crippen MR) is 188 cm³/mol. The largest absolute Gasteiger partial charge is 0.392 e. The van der Waals surface area contributed by atoms with Gasteiger partial charge in [-0.1, -0.05) is 60.7 Å². The zero-order chi connectivity index (χ0) is 34.2.